The van der Waals surface area contributed by atoms with Crippen LogP contribution in [-0.4, -0.2) is 44.1 Å². The number of aryl methyl sites for hydroxylation is 2. The predicted molar refractivity (Wildman–Crippen MR) is 115 cm³/mol. The first-order valence-electron chi connectivity index (χ1n) is 10.2. The first kappa shape index (κ1) is 19.2. The number of aromatic nitrogens is 5. The summed E-state index contributed by atoms with van der Waals surface area (Å²) >= 11 is 0. The largest absolute Gasteiger partial charge is 0.365 e. The summed E-state index contributed by atoms with van der Waals surface area (Å²) in [6.45, 7) is 8.13. The van der Waals surface area contributed by atoms with Crippen LogP contribution in [0.4, 0.5) is 11.6 Å². The van der Waals surface area contributed by atoms with E-state index in [1.807, 2.05) is 19.1 Å². The SMILES string of the molecule is CCc1cc(N2CCCC(Nc3nc(-c4cccnc4)nc(C)c3C)C2)ncn1. The second kappa shape index (κ2) is 8.51. The van der Waals surface area contributed by atoms with Crippen molar-refractivity contribution in [2.45, 2.75) is 46.1 Å². The second-order valence-electron chi connectivity index (χ2n) is 7.50. The summed E-state index contributed by atoms with van der Waals surface area (Å²) < 4.78 is 0. The van der Waals surface area contributed by atoms with Crippen LogP contribution >= 0.6 is 0 Å². The first-order chi connectivity index (χ1) is 14.1. The van der Waals surface area contributed by atoms with Gasteiger partial charge in [0, 0.05) is 60.1 Å². The molecular weight excluding hydrogens is 362 g/mol. The molecule has 0 aliphatic carbocycles. The number of hydrogen-bond donors (Lipinski definition) is 1. The zero-order valence-electron chi connectivity index (χ0n) is 17.3. The number of hydrogen-bond acceptors (Lipinski definition) is 7. The average molecular weight is 390 g/mol. The molecule has 1 unspecified atom stereocenters. The van der Waals surface area contributed by atoms with Crippen LogP contribution in [0, 0.1) is 13.8 Å². The fourth-order valence-electron chi connectivity index (χ4n) is 3.64. The van der Waals surface area contributed by atoms with Gasteiger partial charge < -0.3 is 10.2 Å². The van der Waals surface area contributed by atoms with Crippen molar-refractivity contribution < 1.29 is 0 Å². The van der Waals surface area contributed by atoms with E-state index < -0.39 is 0 Å². The Balaban J connectivity index is 1.54. The predicted octanol–water partition coefficient (Wildman–Crippen LogP) is 3.59. The Labute approximate surface area is 171 Å². The lowest BCUT2D eigenvalue weighted by Gasteiger charge is -2.34. The average Bonchev–Trinajstić information content (AvgIpc) is 2.77. The summed E-state index contributed by atoms with van der Waals surface area (Å²) in [5.41, 5.74) is 4.08. The van der Waals surface area contributed by atoms with Crippen LogP contribution < -0.4 is 10.2 Å². The molecule has 4 heterocycles. The Bertz CT molecular complexity index is 974. The number of rotatable bonds is 5. The van der Waals surface area contributed by atoms with Gasteiger partial charge in [0.25, 0.3) is 0 Å². The maximum absolute atomic E-state index is 4.82. The van der Waals surface area contributed by atoms with Crippen LogP contribution in [0.2, 0.25) is 0 Å². The molecule has 3 aromatic heterocycles. The van der Waals surface area contributed by atoms with E-state index in [0.29, 0.717) is 11.9 Å². The van der Waals surface area contributed by atoms with E-state index in [0.717, 1.165) is 66.5 Å². The Morgan fingerprint density at radius 1 is 1.21 bits per heavy atom. The summed E-state index contributed by atoms with van der Waals surface area (Å²) in [5, 5.41) is 3.67. The molecule has 1 aliphatic heterocycles. The van der Waals surface area contributed by atoms with Crippen LogP contribution in [0.5, 0.6) is 0 Å². The minimum absolute atomic E-state index is 0.304. The Morgan fingerprint density at radius 2 is 2.10 bits per heavy atom. The second-order valence-corrected chi connectivity index (χ2v) is 7.50. The maximum atomic E-state index is 4.82. The minimum atomic E-state index is 0.304. The standard InChI is InChI=1S/C22H27N7/c1-4-18-11-20(25-14-24-18)29-10-6-8-19(13-29)27-21-15(2)16(3)26-22(28-21)17-7-5-9-23-12-17/h5,7,9,11-12,14,19H,4,6,8,10,13H2,1-3H3,(H,26,27,28). The summed E-state index contributed by atoms with van der Waals surface area (Å²) in [5.74, 6) is 2.62. The van der Waals surface area contributed by atoms with Crippen molar-refractivity contribution in [2.75, 3.05) is 23.3 Å². The molecule has 0 spiro atoms. The molecule has 1 N–H and O–H groups in total. The zero-order chi connectivity index (χ0) is 20.2. The van der Waals surface area contributed by atoms with E-state index >= 15 is 0 Å². The highest BCUT2D eigenvalue weighted by Crippen LogP contribution is 2.25. The van der Waals surface area contributed by atoms with E-state index in [1.165, 1.54) is 0 Å². The quantitative estimate of drug-likeness (QED) is 0.714. The first-order valence-corrected chi connectivity index (χ1v) is 10.2. The minimum Gasteiger partial charge on any atom is -0.365 e. The molecular formula is C22H27N7. The van der Waals surface area contributed by atoms with Crippen molar-refractivity contribution in [3.8, 4) is 11.4 Å². The van der Waals surface area contributed by atoms with Crippen molar-refractivity contribution in [1.82, 2.24) is 24.9 Å². The molecule has 7 nitrogen and oxygen atoms in total. The van der Waals surface area contributed by atoms with Gasteiger partial charge in [0.2, 0.25) is 0 Å². The van der Waals surface area contributed by atoms with Crippen LogP contribution in [-0.2, 0) is 6.42 Å². The van der Waals surface area contributed by atoms with E-state index in [4.69, 9.17) is 4.98 Å². The van der Waals surface area contributed by atoms with Crippen LogP contribution in [0.25, 0.3) is 11.4 Å². The fraction of sp³-hybridized carbons (Fsp3) is 0.409. The molecule has 0 radical (unpaired) electrons. The third-order valence-electron chi connectivity index (χ3n) is 5.47. The molecule has 150 valence electrons. The van der Waals surface area contributed by atoms with Gasteiger partial charge in [-0.15, -0.1) is 0 Å². The molecule has 1 fully saturated rings. The molecule has 7 heteroatoms. The monoisotopic (exact) mass is 389 g/mol. The van der Waals surface area contributed by atoms with Crippen LogP contribution in [0.3, 0.4) is 0 Å². The van der Waals surface area contributed by atoms with Gasteiger partial charge >= 0.3 is 0 Å². The summed E-state index contributed by atoms with van der Waals surface area (Å²) in [6, 6.07) is 6.30. The summed E-state index contributed by atoms with van der Waals surface area (Å²) in [6.07, 6.45) is 8.37. The lowest BCUT2D eigenvalue weighted by Crippen LogP contribution is -2.43. The molecule has 0 bridgehead atoms. The number of piperidine rings is 1. The van der Waals surface area contributed by atoms with E-state index in [1.54, 1.807) is 18.7 Å². The van der Waals surface area contributed by atoms with Crippen molar-refractivity contribution in [3.05, 3.63) is 53.9 Å². The van der Waals surface area contributed by atoms with Gasteiger partial charge in [-0.2, -0.15) is 0 Å². The third kappa shape index (κ3) is 4.34. The molecule has 1 atom stereocenters. The van der Waals surface area contributed by atoms with Crippen molar-refractivity contribution >= 4 is 11.6 Å². The third-order valence-corrected chi connectivity index (χ3v) is 5.47. The summed E-state index contributed by atoms with van der Waals surface area (Å²) in [4.78, 5) is 24.8. The number of nitrogens with zero attached hydrogens (tertiary/aromatic N) is 6. The molecule has 1 aliphatic rings. The highest BCUT2D eigenvalue weighted by atomic mass is 15.2. The number of pyridine rings is 1. The fourth-order valence-corrected chi connectivity index (χ4v) is 3.64. The zero-order valence-corrected chi connectivity index (χ0v) is 17.3. The van der Waals surface area contributed by atoms with E-state index in [9.17, 15) is 0 Å². The van der Waals surface area contributed by atoms with Gasteiger partial charge in [-0.05, 0) is 45.2 Å². The maximum Gasteiger partial charge on any atom is 0.163 e. The smallest absolute Gasteiger partial charge is 0.163 e. The van der Waals surface area contributed by atoms with Crippen LogP contribution in [0.1, 0.15) is 36.7 Å². The van der Waals surface area contributed by atoms with Gasteiger partial charge in [0.15, 0.2) is 5.82 Å². The van der Waals surface area contributed by atoms with Crippen molar-refractivity contribution in [1.29, 1.82) is 0 Å². The van der Waals surface area contributed by atoms with Crippen LogP contribution in [0.15, 0.2) is 36.9 Å². The normalized spacial score (nSPS) is 16.7. The van der Waals surface area contributed by atoms with Gasteiger partial charge in [0.05, 0.1) is 0 Å². The Hall–Kier alpha value is -3.09. The molecule has 4 rings (SSSR count). The Morgan fingerprint density at radius 3 is 2.90 bits per heavy atom. The molecule has 29 heavy (non-hydrogen) atoms. The van der Waals surface area contributed by atoms with E-state index in [2.05, 4.69) is 50.1 Å². The molecule has 1 saturated heterocycles. The topological polar surface area (TPSA) is 79.7 Å². The lowest BCUT2D eigenvalue weighted by molar-refractivity contribution is 0.524. The molecule has 3 aromatic rings. The molecule has 0 saturated carbocycles. The van der Waals surface area contributed by atoms with E-state index in [-0.39, 0.29) is 0 Å². The van der Waals surface area contributed by atoms with Crippen molar-refractivity contribution in [2.24, 2.45) is 0 Å². The number of anilines is 2. The van der Waals surface area contributed by atoms with Gasteiger partial charge in [-0.25, -0.2) is 19.9 Å². The molecule has 0 amide bonds. The molecule has 0 aromatic carbocycles. The Kier molecular flexibility index (Phi) is 5.64. The van der Waals surface area contributed by atoms with Crippen molar-refractivity contribution in [3.63, 3.8) is 0 Å². The number of nitrogens with one attached hydrogen (secondary N) is 1. The van der Waals surface area contributed by atoms with Gasteiger partial charge in [0.1, 0.15) is 18.0 Å². The lowest BCUT2D eigenvalue weighted by atomic mass is 10.0. The highest BCUT2D eigenvalue weighted by molar-refractivity contribution is 5.59. The highest BCUT2D eigenvalue weighted by Gasteiger charge is 2.22. The van der Waals surface area contributed by atoms with Gasteiger partial charge in [-0.1, -0.05) is 6.92 Å². The van der Waals surface area contributed by atoms with Gasteiger partial charge in [-0.3, -0.25) is 4.98 Å². The summed E-state index contributed by atoms with van der Waals surface area (Å²) in [7, 11) is 0.